The molecule has 0 bridgehead atoms. The molecule has 0 radical (unpaired) electrons. The zero-order chi connectivity index (χ0) is 30.8. The molecule has 0 fully saturated rings. The van der Waals surface area contributed by atoms with Crippen LogP contribution < -0.4 is 4.90 Å². The number of benzene rings is 3. The fourth-order valence-electron chi connectivity index (χ4n) is 4.02. The van der Waals surface area contributed by atoms with Crippen LogP contribution in [0.15, 0.2) is 94.9 Å². The molecule has 2 heterocycles. The number of rotatable bonds is 7. The molecule has 43 heavy (non-hydrogen) atoms. The molecule has 0 saturated heterocycles. The quantitative estimate of drug-likeness (QED) is 0.0814. The van der Waals surface area contributed by atoms with Crippen LogP contribution in [0.4, 0.5) is 5.69 Å². The number of fused-ring (bicyclic) bond motifs is 1. The largest absolute Gasteiger partial charge is 0.460 e. The van der Waals surface area contributed by atoms with Crippen LogP contribution in [0, 0.1) is 0 Å². The van der Waals surface area contributed by atoms with E-state index in [-0.39, 0.29) is 35.4 Å². The van der Waals surface area contributed by atoms with Gasteiger partial charge in [0.05, 0.1) is 22.8 Å². The van der Waals surface area contributed by atoms with Crippen molar-refractivity contribution < 1.29 is 14.3 Å². The number of alkyl halides is 6. The van der Waals surface area contributed by atoms with Crippen molar-refractivity contribution in [2.45, 2.75) is 12.5 Å². The van der Waals surface area contributed by atoms with Gasteiger partial charge in [0.1, 0.15) is 6.61 Å². The molecule has 0 saturated carbocycles. The number of thioether (sulfide) groups is 1. The van der Waals surface area contributed by atoms with Crippen molar-refractivity contribution in [1.29, 1.82) is 0 Å². The molecular formula is C29H18Cl6N4O3S. The van der Waals surface area contributed by atoms with Gasteiger partial charge in [0, 0.05) is 22.1 Å². The molecule has 1 aromatic heterocycles. The highest BCUT2D eigenvalue weighted by molar-refractivity contribution is 8.03. The SMILES string of the molecule is O=C(/C=C1\Sc2ccccc2N1CCOC(=O)c1ccc(-c2nc(C(Cl)(Cl)Cl)nc(C(Cl)(Cl)Cl)n2)cc1)c1ccccc1. The summed E-state index contributed by atoms with van der Waals surface area (Å²) in [5.74, 6) is -1.04. The van der Waals surface area contributed by atoms with E-state index in [9.17, 15) is 9.59 Å². The summed E-state index contributed by atoms with van der Waals surface area (Å²) in [5.41, 5.74) is 2.26. The number of allylic oxidation sites excluding steroid dienone is 1. The lowest BCUT2D eigenvalue weighted by atomic mass is 10.1. The number of halogens is 6. The molecule has 3 aromatic carbocycles. The van der Waals surface area contributed by atoms with Gasteiger partial charge in [-0.3, -0.25) is 4.79 Å². The first-order valence-corrected chi connectivity index (χ1v) is 15.5. The van der Waals surface area contributed by atoms with Gasteiger partial charge >= 0.3 is 5.97 Å². The molecule has 1 aliphatic rings. The Morgan fingerprint density at radius 3 is 2.00 bits per heavy atom. The topological polar surface area (TPSA) is 85.3 Å². The lowest BCUT2D eigenvalue weighted by Gasteiger charge is -2.20. The van der Waals surface area contributed by atoms with Crippen molar-refractivity contribution in [3.63, 3.8) is 0 Å². The molecular weight excluding hydrogens is 697 g/mol. The number of carbonyl (C=O) groups excluding carboxylic acids is 2. The van der Waals surface area contributed by atoms with E-state index in [2.05, 4.69) is 15.0 Å². The van der Waals surface area contributed by atoms with Gasteiger partial charge in [-0.05, 0) is 24.3 Å². The molecule has 7 nitrogen and oxygen atoms in total. The third-order valence-electron chi connectivity index (χ3n) is 6.02. The average Bonchev–Trinajstić information content (AvgIpc) is 3.33. The summed E-state index contributed by atoms with van der Waals surface area (Å²) in [5, 5.41) is 0.747. The number of hydrogen-bond acceptors (Lipinski definition) is 8. The first kappa shape index (κ1) is 31.9. The van der Waals surface area contributed by atoms with Crippen molar-refractivity contribution in [2.24, 2.45) is 0 Å². The zero-order valence-corrected chi connectivity index (χ0v) is 27.0. The Labute approximate surface area is 281 Å². The lowest BCUT2D eigenvalue weighted by molar-refractivity contribution is 0.0516. The summed E-state index contributed by atoms with van der Waals surface area (Å²) >= 11 is 37.2. The average molecular weight is 715 g/mol. The molecule has 0 unspecified atom stereocenters. The summed E-state index contributed by atoms with van der Waals surface area (Å²) in [6.45, 7) is 0.408. The van der Waals surface area contributed by atoms with E-state index >= 15 is 0 Å². The summed E-state index contributed by atoms with van der Waals surface area (Å²) in [6.07, 6.45) is 1.60. The lowest BCUT2D eigenvalue weighted by Crippen LogP contribution is -2.25. The van der Waals surface area contributed by atoms with Crippen LogP contribution in [0.25, 0.3) is 11.4 Å². The molecule has 0 spiro atoms. The Kier molecular flexibility index (Phi) is 9.78. The maximum atomic E-state index is 12.9. The number of anilines is 1. The van der Waals surface area contributed by atoms with Crippen molar-refractivity contribution in [1.82, 2.24) is 15.0 Å². The Balaban J connectivity index is 1.29. The van der Waals surface area contributed by atoms with Gasteiger partial charge < -0.3 is 9.64 Å². The number of hydrogen-bond donors (Lipinski definition) is 0. The molecule has 0 amide bonds. The zero-order valence-electron chi connectivity index (χ0n) is 21.7. The summed E-state index contributed by atoms with van der Waals surface area (Å²) in [7, 11) is 0. The third-order valence-corrected chi connectivity index (χ3v) is 8.15. The van der Waals surface area contributed by atoms with Crippen molar-refractivity contribution in [2.75, 3.05) is 18.1 Å². The van der Waals surface area contributed by atoms with E-state index < -0.39 is 13.6 Å². The summed E-state index contributed by atoms with van der Waals surface area (Å²) < 4.78 is 1.58. The van der Waals surface area contributed by atoms with Crippen LogP contribution in [0.1, 0.15) is 32.4 Å². The third kappa shape index (κ3) is 7.75. The minimum absolute atomic E-state index is 0.0685. The van der Waals surface area contributed by atoms with E-state index in [1.54, 1.807) is 30.3 Å². The highest BCUT2D eigenvalue weighted by Crippen LogP contribution is 2.46. The monoisotopic (exact) mass is 712 g/mol. The van der Waals surface area contributed by atoms with Crippen molar-refractivity contribution >= 4 is 98.8 Å². The van der Waals surface area contributed by atoms with Gasteiger partial charge in [-0.25, -0.2) is 19.7 Å². The van der Waals surface area contributed by atoms with Gasteiger partial charge in [-0.2, -0.15) is 0 Å². The Hall–Kier alpha value is -2.56. The second-order valence-electron chi connectivity index (χ2n) is 8.95. The first-order chi connectivity index (χ1) is 20.4. The number of carbonyl (C=O) groups is 2. The van der Waals surface area contributed by atoms with Crippen LogP contribution in [-0.4, -0.2) is 39.9 Å². The Morgan fingerprint density at radius 1 is 0.767 bits per heavy atom. The maximum Gasteiger partial charge on any atom is 0.338 e. The number of ketones is 1. The summed E-state index contributed by atoms with van der Waals surface area (Å²) in [6, 6.07) is 23.1. The Morgan fingerprint density at radius 2 is 1.37 bits per heavy atom. The molecule has 4 aromatic rings. The molecule has 1 aliphatic heterocycles. The van der Waals surface area contributed by atoms with E-state index in [0.29, 0.717) is 17.7 Å². The van der Waals surface area contributed by atoms with Crippen LogP contribution in [0.3, 0.4) is 0 Å². The molecule has 5 rings (SSSR count). The van der Waals surface area contributed by atoms with Crippen LogP contribution >= 0.6 is 81.4 Å². The van der Waals surface area contributed by atoms with E-state index in [4.69, 9.17) is 74.3 Å². The molecule has 0 N–H and O–H groups in total. The van der Waals surface area contributed by atoms with Gasteiger partial charge in [0.25, 0.3) is 0 Å². The van der Waals surface area contributed by atoms with Crippen molar-refractivity contribution in [3.05, 3.63) is 113 Å². The van der Waals surface area contributed by atoms with Gasteiger partial charge in [0.15, 0.2) is 23.3 Å². The smallest absolute Gasteiger partial charge is 0.338 e. The van der Waals surface area contributed by atoms with E-state index in [0.717, 1.165) is 15.6 Å². The van der Waals surface area contributed by atoms with Crippen LogP contribution in [-0.2, 0) is 12.3 Å². The molecule has 0 aliphatic carbocycles. The number of ether oxygens (including phenoxy) is 1. The first-order valence-electron chi connectivity index (χ1n) is 12.4. The fourth-order valence-corrected chi connectivity index (χ4v) is 5.64. The second-order valence-corrected chi connectivity index (χ2v) is 14.6. The summed E-state index contributed by atoms with van der Waals surface area (Å²) in [4.78, 5) is 41.0. The number of aromatic nitrogens is 3. The Bertz CT molecular complexity index is 1660. The minimum atomic E-state index is -2.00. The standard InChI is InChI=1S/C29H18Cl6N4O3S/c30-28(31,32)26-36-24(37-27(38-26)29(33,34)35)18-10-12-19(13-11-18)25(41)42-15-14-39-20-8-4-5-9-22(20)43-23(39)16-21(40)17-6-2-1-3-7-17/h1-13,16H,14-15H2/b23-16-. The second kappa shape index (κ2) is 13.2. The normalized spacial score (nSPS) is 14.1. The molecule has 0 atom stereocenters. The maximum absolute atomic E-state index is 12.9. The highest BCUT2D eigenvalue weighted by atomic mass is 35.6. The molecule has 14 heteroatoms. The van der Waals surface area contributed by atoms with Crippen LogP contribution in [0.5, 0.6) is 0 Å². The van der Waals surface area contributed by atoms with Gasteiger partial charge in [0.2, 0.25) is 7.59 Å². The fraction of sp³-hybridized carbons (Fsp3) is 0.138. The minimum Gasteiger partial charge on any atom is -0.460 e. The highest BCUT2D eigenvalue weighted by Gasteiger charge is 2.34. The van der Waals surface area contributed by atoms with Crippen LogP contribution in [0.2, 0.25) is 0 Å². The van der Waals surface area contributed by atoms with Crippen molar-refractivity contribution in [3.8, 4) is 11.4 Å². The molecule has 220 valence electrons. The number of esters is 1. The van der Waals surface area contributed by atoms with E-state index in [1.165, 1.54) is 23.9 Å². The van der Waals surface area contributed by atoms with E-state index in [1.807, 2.05) is 47.4 Å². The number of para-hydroxylation sites is 1. The predicted molar refractivity (Wildman–Crippen MR) is 173 cm³/mol. The predicted octanol–water partition coefficient (Wildman–Crippen LogP) is 8.69. The number of nitrogens with zero attached hydrogens (tertiary/aromatic N) is 4. The van der Waals surface area contributed by atoms with Gasteiger partial charge in [-0.15, -0.1) is 0 Å². The van der Waals surface area contributed by atoms with Gasteiger partial charge in [-0.1, -0.05) is 136 Å².